The molecule has 0 aliphatic carbocycles. The Labute approximate surface area is 95.0 Å². The molecular formula is C10H19NO3S. The van der Waals surface area contributed by atoms with Crippen molar-refractivity contribution in [2.45, 2.75) is 25.2 Å². The highest BCUT2D eigenvalue weighted by Crippen LogP contribution is 2.12. The van der Waals surface area contributed by atoms with Gasteiger partial charge in [0.25, 0.3) is 0 Å². The Kier molecular flexibility index (Phi) is 5.42. The summed E-state index contributed by atoms with van der Waals surface area (Å²) in [7, 11) is 0. The Morgan fingerprint density at radius 3 is 3.07 bits per heavy atom. The largest absolute Gasteiger partial charge is 0.395 e. The van der Waals surface area contributed by atoms with Crippen molar-refractivity contribution in [3.05, 3.63) is 0 Å². The SMILES string of the molecule is CC1CN(C(=O)CSC(C)CO)CCO1. The van der Waals surface area contributed by atoms with E-state index in [1.165, 1.54) is 11.8 Å². The average molecular weight is 233 g/mol. The molecule has 1 aliphatic heterocycles. The Hall–Kier alpha value is -0.260. The summed E-state index contributed by atoms with van der Waals surface area (Å²) >= 11 is 1.50. The molecule has 1 saturated heterocycles. The van der Waals surface area contributed by atoms with Crippen LogP contribution in [0.15, 0.2) is 0 Å². The predicted molar refractivity (Wildman–Crippen MR) is 61.0 cm³/mol. The fourth-order valence-electron chi connectivity index (χ4n) is 1.40. The number of carbonyl (C=O) groups excluding carboxylic acids is 1. The Morgan fingerprint density at radius 2 is 2.47 bits per heavy atom. The van der Waals surface area contributed by atoms with Gasteiger partial charge in [-0.05, 0) is 6.92 Å². The molecule has 0 aromatic rings. The van der Waals surface area contributed by atoms with Crippen molar-refractivity contribution in [2.24, 2.45) is 0 Å². The van der Waals surface area contributed by atoms with E-state index in [1.807, 2.05) is 18.7 Å². The summed E-state index contributed by atoms with van der Waals surface area (Å²) < 4.78 is 5.36. The number of hydrogen-bond acceptors (Lipinski definition) is 4. The molecule has 88 valence electrons. The minimum absolute atomic E-state index is 0.122. The zero-order valence-electron chi connectivity index (χ0n) is 9.31. The van der Waals surface area contributed by atoms with Gasteiger partial charge in [-0.3, -0.25) is 4.79 Å². The second-order valence-electron chi connectivity index (χ2n) is 3.83. The van der Waals surface area contributed by atoms with E-state index in [0.717, 1.165) is 0 Å². The molecule has 0 radical (unpaired) electrons. The van der Waals surface area contributed by atoms with Gasteiger partial charge >= 0.3 is 0 Å². The summed E-state index contributed by atoms with van der Waals surface area (Å²) in [6, 6.07) is 0. The van der Waals surface area contributed by atoms with Crippen LogP contribution in [0, 0.1) is 0 Å². The van der Waals surface area contributed by atoms with E-state index in [-0.39, 0.29) is 23.9 Å². The number of aliphatic hydroxyl groups is 1. The van der Waals surface area contributed by atoms with Crippen molar-refractivity contribution in [2.75, 3.05) is 32.1 Å². The van der Waals surface area contributed by atoms with Crippen molar-refractivity contribution >= 4 is 17.7 Å². The van der Waals surface area contributed by atoms with Gasteiger partial charge in [-0.25, -0.2) is 0 Å². The van der Waals surface area contributed by atoms with Gasteiger partial charge in [-0.15, -0.1) is 11.8 Å². The number of amides is 1. The molecular weight excluding hydrogens is 214 g/mol. The zero-order chi connectivity index (χ0) is 11.3. The summed E-state index contributed by atoms with van der Waals surface area (Å²) in [6.07, 6.45) is 0.142. The third kappa shape index (κ3) is 4.40. The van der Waals surface area contributed by atoms with Gasteiger partial charge < -0.3 is 14.7 Å². The highest BCUT2D eigenvalue weighted by molar-refractivity contribution is 8.00. The minimum Gasteiger partial charge on any atom is -0.395 e. The second kappa shape index (κ2) is 6.35. The molecule has 0 saturated carbocycles. The fourth-order valence-corrected chi connectivity index (χ4v) is 2.12. The number of nitrogens with zero attached hydrogens (tertiary/aromatic N) is 1. The summed E-state index contributed by atoms with van der Waals surface area (Å²) in [5.74, 6) is 0.601. The van der Waals surface area contributed by atoms with Crippen LogP contribution in [0.1, 0.15) is 13.8 Å². The molecule has 4 nitrogen and oxygen atoms in total. The summed E-state index contributed by atoms with van der Waals surface area (Å²) in [4.78, 5) is 13.6. The molecule has 1 N–H and O–H groups in total. The van der Waals surface area contributed by atoms with E-state index in [2.05, 4.69) is 0 Å². The van der Waals surface area contributed by atoms with E-state index in [1.54, 1.807) is 0 Å². The molecule has 0 aromatic heterocycles. The lowest BCUT2D eigenvalue weighted by Gasteiger charge is -2.31. The number of thioether (sulfide) groups is 1. The maximum Gasteiger partial charge on any atom is 0.232 e. The molecule has 2 atom stereocenters. The van der Waals surface area contributed by atoms with E-state index in [4.69, 9.17) is 9.84 Å². The van der Waals surface area contributed by atoms with Crippen LogP contribution < -0.4 is 0 Å². The first-order chi connectivity index (χ1) is 7.13. The highest BCUT2D eigenvalue weighted by Gasteiger charge is 2.21. The first kappa shape index (κ1) is 12.8. The predicted octanol–water partition coefficient (Wildman–Crippen LogP) is 0.348. The van der Waals surface area contributed by atoms with Gasteiger partial charge in [0.1, 0.15) is 0 Å². The Morgan fingerprint density at radius 1 is 1.73 bits per heavy atom. The van der Waals surface area contributed by atoms with Crippen LogP contribution in [0.4, 0.5) is 0 Å². The highest BCUT2D eigenvalue weighted by atomic mass is 32.2. The molecule has 0 spiro atoms. The smallest absolute Gasteiger partial charge is 0.232 e. The normalized spacial score (nSPS) is 23.9. The molecule has 2 unspecified atom stereocenters. The average Bonchev–Trinajstić information content (AvgIpc) is 2.25. The van der Waals surface area contributed by atoms with Gasteiger partial charge in [-0.1, -0.05) is 6.92 Å². The molecule has 0 bridgehead atoms. The molecule has 15 heavy (non-hydrogen) atoms. The van der Waals surface area contributed by atoms with Gasteiger partial charge in [-0.2, -0.15) is 0 Å². The van der Waals surface area contributed by atoms with Gasteiger partial charge in [0, 0.05) is 18.3 Å². The van der Waals surface area contributed by atoms with E-state index in [9.17, 15) is 4.79 Å². The number of morpholine rings is 1. The van der Waals surface area contributed by atoms with Gasteiger partial charge in [0.15, 0.2) is 0 Å². The summed E-state index contributed by atoms with van der Waals surface area (Å²) in [5.41, 5.74) is 0. The zero-order valence-corrected chi connectivity index (χ0v) is 10.1. The molecule has 1 heterocycles. The first-order valence-corrected chi connectivity index (χ1v) is 6.30. The number of hydrogen-bond donors (Lipinski definition) is 1. The number of rotatable bonds is 4. The molecule has 5 heteroatoms. The van der Waals surface area contributed by atoms with Crippen LogP contribution in [0.2, 0.25) is 0 Å². The third-order valence-corrected chi connectivity index (χ3v) is 3.47. The second-order valence-corrected chi connectivity index (χ2v) is 5.25. The Bertz CT molecular complexity index is 213. The third-order valence-electron chi connectivity index (χ3n) is 2.34. The molecule has 1 amide bonds. The van der Waals surface area contributed by atoms with Crippen LogP contribution >= 0.6 is 11.8 Å². The van der Waals surface area contributed by atoms with Crippen LogP contribution in [0.3, 0.4) is 0 Å². The van der Waals surface area contributed by atoms with Crippen molar-refractivity contribution in [3.63, 3.8) is 0 Å². The van der Waals surface area contributed by atoms with Crippen molar-refractivity contribution < 1.29 is 14.6 Å². The number of ether oxygens (including phenoxy) is 1. The lowest BCUT2D eigenvalue weighted by molar-refractivity contribution is -0.135. The standard InChI is InChI=1S/C10H19NO3S/c1-8-5-11(3-4-14-8)10(13)7-15-9(2)6-12/h8-9,12H,3-7H2,1-2H3. The van der Waals surface area contributed by atoms with Crippen molar-refractivity contribution in [1.29, 1.82) is 0 Å². The van der Waals surface area contributed by atoms with E-state index < -0.39 is 0 Å². The molecule has 1 fully saturated rings. The maximum absolute atomic E-state index is 11.7. The molecule has 1 rings (SSSR count). The first-order valence-electron chi connectivity index (χ1n) is 5.25. The lowest BCUT2D eigenvalue weighted by atomic mass is 10.3. The fraction of sp³-hybridized carbons (Fsp3) is 0.900. The van der Waals surface area contributed by atoms with Crippen LogP contribution in [0.5, 0.6) is 0 Å². The lowest BCUT2D eigenvalue weighted by Crippen LogP contribution is -2.45. The summed E-state index contributed by atoms with van der Waals surface area (Å²) in [6.45, 7) is 6.03. The minimum atomic E-state index is 0.122. The van der Waals surface area contributed by atoms with Crippen molar-refractivity contribution in [1.82, 2.24) is 4.90 Å². The number of carbonyl (C=O) groups is 1. The van der Waals surface area contributed by atoms with Crippen LogP contribution in [-0.4, -0.2) is 59.3 Å². The number of aliphatic hydroxyl groups excluding tert-OH is 1. The maximum atomic E-state index is 11.7. The van der Waals surface area contributed by atoms with E-state index >= 15 is 0 Å². The van der Waals surface area contributed by atoms with Gasteiger partial charge in [0.05, 0.1) is 25.1 Å². The molecule has 1 aliphatic rings. The summed E-state index contributed by atoms with van der Waals surface area (Å²) in [5, 5.41) is 8.97. The quantitative estimate of drug-likeness (QED) is 0.761. The molecule has 0 aromatic carbocycles. The van der Waals surface area contributed by atoms with Crippen LogP contribution in [-0.2, 0) is 9.53 Å². The monoisotopic (exact) mass is 233 g/mol. The Balaban J connectivity index is 2.26. The van der Waals surface area contributed by atoms with E-state index in [0.29, 0.717) is 25.4 Å². The van der Waals surface area contributed by atoms with Crippen molar-refractivity contribution in [3.8, 4) is 0 Å². The van der Waals surface area contributed by atoms with Crippen LogP contribution in [0.25, 0.3) is 0 Å². The van der Waals surface area contributed by atoms with Gasteiger partial charge in [0.2, 0.25) is 5.91 Å². The topological polar surface area (TPSA) is 49.8 Å².